The average Bonchev–Trinajstić information content (AvgIpc) is 2.73. The first kappa shape index (κ1) is 21.7. The number of nitrogens with zero attached hydrogens (tertiary/aromatic N) is 3. The van der Waals surface area contributed by atoms with Crippen LogP contribution in [0.25, 0.3) is 0 Å². The summed E-state index contributed by atoms with van der Waals surface area (Å²) in [6.45, 7) is 8.11. The first-order valence-corrected chi connectivity index (χ1v) is 11.1. The van der Waals surface area contributed by atoms with Crippen LogP contribution in [0.1, 0.15) is 11.1 Å². The molecule has 32 heavy (non-hydrogen) atoms. The van der Waals surface area contributed by atoms with Gasteiger partial charge in [0.1, 0.15) is 5.75 Å². The van der Waals surface area contributed by atoms with Gasteiger partial charge in [-0.2, -0.15) is 0 Å². The Morgan fingerprint density at radius 3 is 2.28 bits per heavy atom. The number of rotatable bonds is 5. The molecule has 3 saturated heterocycles. The Balaban J connectivity index is 1.23. The van der Waals surface area contributed by atoms with Gasteiger partial charge in [-0.25, -0.2) is 0 Å². The van der Waals surface area contributed by atoms with E-state index in [0.717, 1.165) is 64.6 Å². The van der Waals surface area contributed by atoms with Gasteiger partial charge < -0.3 is 9.47 Å². The van der Waals surface area contributed by atoms with Crippen molar-refractivity contribution >= 4 is 0 Å². The standard InChI is InChI=1S/C24H28F3N3O2/c25-24(26,27)32-22-8-6-20(7-9-22)13-29-17-23(18-29)16-28(12-19-4-2-1-3-5-19)14-21-15-31-11-10-30(21)23/h1-9,21H,10-18H2/t21-/m1/s1. The number of benzene rings is 2. The van der Waals surface area contributed by atoms with Gasteiger partial charge in [0.05, 0.1) is 18.8 Å². The van der Waals surface area contributed by atoms with Crippen molar-refractivity contribution in [2.75, 3.05) is 45.9 Å². The summed E-state index contributed by atoms with van der Waals surface area (Å²) in [6.07, 6.45) is -4.66. The summed E-state index contributed by atoms with van der Waals surface area (Å²) in [4.78, 5) is 7.57. The Morgan fingerprint density at radius 2 is 1.56 bits per heavy atom. The van der Waals surface area contributed by atoms with E-state index in [1.807, 2.05) is 6.07 Å². The van der Waals surface area contributed by atoms with Crippen LogP contribution in [0.2, 0.25) is 0 Å². The molecular weight excluding hydrogens is 419 g/mol. The lowest BCUT2D eigenvalue weighted by Crippen LogP contribution is -2.80. The predicted molar refractivity (Wildman–Crippen MR) is 114 cm³/mol. The molecule has 5 nitrogen and oxygen atoms in total. The molecule has 3 aliphatic rings. The summed E-state index contributed by atoms with van der Waals surface area (Å²) >= 11 is 0. The van der Waals surface area contributed by atoms with Crippen LogP contribution in [0.4, 0.5) is 13.2 Å². The number of fused-ring (bicyclic) bond motifs is 2. The minimum Gasteiger partial charge on any atom is -0.406 e. The number of ether oxygens (including phenoxy) is 2. The second kappa shape index (κ2) is 8.67. The molecule has 1 spiro atoms. The first-order chi connectivity index (χ1) is 15.4. The van der Waals surface area contributed by atoms with Crippen molar-refractivity contribution in [1.29, 1.82) is 0 Å². The fourth-order valence-corrected chi connectivity index (χ4v) is 5.50. The maximum Gasteiger partial charge on any atom is 0.573 e. The zero-order chi connectivity index (χ0) is 22.2. The van der Waals surface area contributed by atoms with Gasteiger partial charge in [0, 0.05) is 51.9 Å². The van der Waals surface area contributed by atoms with Gasteiger partial charge in [-0.3, -0.25) is 14.7 Å². The smallest absolute Gasteiger partial charge is 0.406 e. The van der Waals surface area contributed by atoms with E-state index in [2.05, 4.69) is 43.7 Å². The molecule has 3 heterocycles. The summed E-state index contributed by atoms with van der Waals surface area (Å²) in [6, 6.07) is 17.2. The fraction of sp³-hybridized carbons (Fsp3) is 0.500. The largest absolute Gasteiger partial charge is 0.573 e. The van der Waals surface area contributed by atoms with Crippen molar-refractivity contribution in [3.8, 4) is 5.75 Å². The zero-order valence-electron chi connectivity index (χ0n) is 17.9. The van der Waals surface area contributed by atoms with E-state index in [1.54, 1.807) is 12.1 Å². The molecule has 0 radical (unpaired) electrons. The minimum atomic E-state index is -4.66. The van der Waals surface area contributed by atoms with Gasteiger partial charge in [-0.15, -0.1) is 13.2 Å². The number of piperazine rings is 1. The molecule has 0 aromatic heterocycles. The van der Waals surface area contributed by atoms with Crippen LogP contribution < -0.4 is 4.74 Å². The third kappa shape index (κ3) is 4.78. The minimum absolute atomic E-state index is 0.112. The van der Waals surface area contributed by atoms with Gasteiger partial charge in [-0.05, 0) is 23.3 Å². The van der Waals surface area contributed by atoms with Crippen LogP contribution >= 0.6 is 0 Å². The van der Waals surface area contributed by atoms with Crippen LogP contribution in [0.15, 0.2) is 54.6 Å². The zero-order valence-corrected chi connectivity index (χ0v) is 17.9. The highest BCUT2D eigenvalue weighted by Crippen LogP contribution is 2.37. The second-order valence-electron chi connectivity index (χ2n) is 9.14. The lowest BCUT2D eigenvalue weighted by Gasteiger charge is -2.63. The highest BCUT2D eigenvalue weighted by Gasteiger charge is 2.53. The molecule has 1 atom stereocenters. The molecule has 172 valence electrons. The van der Waals surface area contributed by atoms with Crippen LogP contribution in [0.3, 0.4) is 0 Å². The summed E-state index contributed by atoms with van der Waals surface area (Å²) in [5.74, 6) is -0.179. The van der Waals surface area contributed by atoms with Gasteiger partial charge in [0.25, 0.3) is 0 Å². The molecule has 5 rings (SSSR count). The van der Waals surface area contributed by atoms with E-state index in [0.29, 0.717) is 6.04 Å². The molecule has 3 fully saturated rings. The van der Waals surface area contributed by atoms with Crippen LogP contribution in [-0.4, -0.2) is 78.6 Å². The SMILES string of the molecule is FC(F)(F)Oc1ccc(CN2CC3(CN(Cc4ccccc4)C[C@@H]4COCCN43)C2)cc1. The third-order valence-electron chi connectivity index (χ3n) is 6.67. The van der Waals surface area contributed by atoms with Gasteiger partial charge in [0.15, 0.2) is 0 Å². The highest BCUT2D eigenvalue weighted by atomic mass is 19.4. The highest BCUT2D eigenvalue weighted by molar-refractivity contribution is 5.28. The monoisotopic (exact) mass is 447 g/mol. The predicted octanol–water partition coefficient (Wildman–Crippen LogP) is 3.36. The topological polar surface area (TPSA) is 28.2 Å². The van der Waals surface area contributed by atoms with E-state index < -0.39 is 6.36 Å². The summed E-state index contributed by atoms with van der Waals surface area (Å²) in [7, 11) is 0. The van der Waals surface area contributed by atoms with Crippen molar-refractivity contribution in [1.82, 2.24) is 14.7 Å². The van der Waals surface area contributed by atoms with Crippen molar-refractivity contribution in [2.45, 2.75) is 31.0 Å². The average molecular weight is 448 g/mol. The summed E-state index contributed by atoms with van der Waals surface area (Å²) in [5, 5.41) is 0. The number of hydrogen-bond donors (Lipinski definition) is 0. The Kier molecular flexibility index (Phi) is 5.88. The molecule has 0 N–H and O–H groups in total. The van der Waals surface area contributed by atoms with Crippen molar-refractivity contribution in [2.24, 2.45) is 0 Å². The molecule has 0 aliphatic carbocycles. The number of likely N-dealkylation sites (tertiary alicyclic amines) is 1. The summed E-state index contributed by atoms with van der Waals surface area (Å²) < 4.78 is 46.9. The second-order valence-corrected chi connectivity index (χ2v) is 9.14. The molecule has 0 unspecified atom stereocenters. The Bertz CT molecular complexity index is 901. The number of alkyl halides is 3. The van der Waals surface area contributed by atoms with E-state index in [9.17, 15) is 13.2 Å². The third-order valence-corrected chi connectivity index (χ3v) is 6.67. The van der Waals surface area contributed by atoms with Crippen molar-refractivity contribution < 1.29 is 22.6 Å². The maximum atomic E-state index is 12.4. The Morgan fingerprint density at radius 1 is 0.906 bits per heavy atom. The molecule has 0 bridgehead atoms. The van der Waals surface area contributed by atoms with Crippen LogP contribution in [0.5, 0.6) is 5.75 Å². The normalized spacial score (nSPS) is 24.2. The molecule has 2 aromatic rings. The van der Waals surface area contributed by atoms with Gasteiger partial charge >= 0.3 is 6.36 Å². The van der Waals surface area contributed by atoms with Gasteiger partial charge in [0.2, 0.25) is 0 Å². The summed E-state index contributed by atoms with van der Waals surface area (Å²) in [5.41, 5.74) is 2.43. The van der Waals surface area contributed by atoms with E-state index in [-0.39, 0.29) is 11.3 Å². The molecule has 0 saturated carbocycles. The van der Waals surface area contributed by atoms with Crippen molar-refractivity contribution in [3.05, 3.63) is 65.7 Å². The quantitative estimate of drug-likeness (QED) is 0.701. The van der Waals surface area contributed by atoms with Gasteiger partial charge in [-0.1, -0.05) is 42.5 Å². The number of morpholine rings is 1. The lowest BCUT2D eigenvalue weighted by molar-refractivity contribution is -0.274. The first-order valence-electron chi connectivity index (χ1n) is 11.1. The lowest BCUT2D eigenvalue weighted by atomic mass is 9.82. The molecule has 2 aromatic carbocycles. The molecule has 3 aliphatic heterocycles. The maximum absolute atomic E-state index is 12.4. The van der Waals surface area contributed by atoms with E-state index in [4.69, 9.17) is 4.74 Å². The van der Waals surface area contributed by atoms with Crippen molar-refractivity contribution in [3.63, 3.8) is 0 Å². The van der Waals surface area contributed by atoms with E-state index in [1.165, 1.54) is 17.7 Å². The number of halogens is 3. The van der Waals surface area contributed by atoms with Crippen LogP contribution in [-0.2, 0) is 17.8 Å². The van der Waals surface area contributed by atoms with E-state index >= 15 is 0 Å². The fourth-order valence-electron chi connectivity index (χ4n) is 5.50. The molecule has 0 amide bonds. The number of hydrogen-bond acceptors (Lipinski definition) is 5. The molecular formula is C24H28F3N3O2. The Labute approximate surface area is 186 Å². The Hall–Kier alpha value is -2.13. The molecule has 8 heteroatoms. The van der Waals surface area contributed by atoms with Crippen LogP contribution in [0, 0.1) is 0 Å².